The highest BCUT2D eigenvalue weighted by molar-refractivity contribution is 5.76. The van der Waals surface area contributed by atoms with Crippen molar-refractivity contribution >= 4 is 5.91 Å². The van der Waals surface area contributed by atoms with E-state index in [9.17, 15) is 30.3 Å². The molecule has 0 aromatic rings. The summed E-state index contributed by atoms with van der Waals surface area (Å²) in [6.07, 6.45) is 70.7. The molecular weight excluding hydrogens is 959 g/mol. The molecule has 77 heavy (non-hydrogen) atoms. The van der Waals surface area contributed by atoms with Gasteiger partial charge < -0.3 is 40.3 Å². The molecule has 1 fully saturated rings. The fourth-order valence-corrected chi connectivity index (χ4v) is 10.6. The number of ether oxygens (including phenoxy) is 2. The standard InChI is InChI=1S/C68H127NO8/c1-3-5-7-9-11-13-15-17-19-21-23-25-27-29-31-33-35-37-39-41-43-45-47-49-51-53-55-57-62(71)61(60-76-68-67(75)66(74)65(73)63(59-70)77-68)69-64(72)58-56-54-52-50-48-46-44-42-40-38-36-34-32-30-28-26-24-22-20-18-16-14-12-10-8-6-4-2/h22,24,39,41,47,49,55,57,61-63,65-68,70-71,73-75H,3-21,23,25-38,40,42-46,48,50-54,56,58-60H2,1-2H3,(H,69,72)/b24-22-,41-39+,49-47+,57-55+. The van der Waals surface area contributed by atoms with Crippen LogP contribution in [0.25, 0.3) is 0 Å². The van der Waals surface area contributed by atoms with Crippen LogP contribution in [0.1, 0.15) is 322 Å². The maximum absolute atomic E-state index is 13.1. The number of carbonyl (C=O) groups is 1. The van der Waals surface area contributed by atoms with E-state index < -0.39 is 49.5 Å². The molecule has 7 unspecified atom stereocenters. The Bertz CT molecular complexity index is 1350. The van der Waals surface area contributed by atoms with Gasteiger partial charge in [0.1, 0.15) is 24.4 Å². The van der Waals surface area contributed by atoms with Crippen molar-refractivity contribution in [1.29, 1.82) is 0 Å². The maximum Gasteiger partial charge on any atom is 0.220 e. The minimum atomic E-state index is -1.58. The average Bonchev–Trinajstić information content (AvgIpc) is 3.43. The number of amides is 1. The van der Waals surface area contributed by atoms with E-state index >= 15 is 0 Å². The fraction of sp³-hybridized carbons (Fsp3) is 0.868. The number of aliphatic hydroxyl groups is 5. The van der Waals surface area contributed by atoms with Gasteiger partial charge in [0.25, 0.3) is 0 Å². The van der Waals surface area contributed by atoms with Crippen molar-refractivity contribution in [2.75, 3.05) is 13.2 Å². The van der Waals surface area contributed by atoms with Crippen LogP contribution in [0.2, 0.25) is 0 Å². The molecule has 9 nitrogen and oxygen atoms in total. The van der Waals surface area contributed by atoms with Crippen LogP contribution in [-0.4, -0.2) is 87.5 Å². The Morgan fingerprint density at radius 3 is 1.09 bits per heavy atom. The van der Waals surface area contributed by atoms with Crippen LogP contribution in [0.5, 0.6) is 0 Å². The molecule has 0 radical (unpaired) electrons. The predicted molar refractivity (Wildman–Crippen MR) is 327 cm³/mol. The first-order chi connectivity index (χ1) is 37.8. The van der Waals surface area contributed by atoms with Gasteiger partial charge in [0.2, 0.25) is 5.91 Å². The molecule has 9 heteroatoms. The molecule has 1 rings (SSSR count). The highest BCUT2D eigenvalue weighted by Gasteiger charge is 2.44. The van der Waals surface area contributed by atoms with Gasteiger partial charge in [0, 0.05) is 6.42 Å². The third-order valence-corrected chi connectivity index (χ3v) is 15.9. The van der Waals surface area contributed by atoms with Crippen LogP contribution in [-0.2, 0) is 14.3 Å². The maximum atomic E-state index is 13.1. The van der Waals surface area contributed by atoms with Crippen molar-refractivity contribution in [2.45, 2.75) is 365 Å². The van der Waals surface area contributed by atoms with Gasteiger partial charge in [-0.3, -0.25) is 4.79 Å². The molecule has 1 aliphatic rings. The van der Waals surface area contributed by atoms with Gasteiger partial charge in [-0.15, -0.1) is 0 Å². The summed E-state index contributed by atoms with van der Waals surface area (Å²) in [7, 11) is 0. The molecule has 0 aliphatic carbocycles. The van der Waals surface area contributed by atoms with E-state index in [4.69, 9.17) is 9.47 Å². The molecule has 6 N–H and O–H groups in total. The Morgan fingerprint density at radius 1 is 0.429 bits per heavy atom. The second-order valence-corrected chi connectivity index (χ2v) is 23.2. The van der Waals surface area contributed by atoms with Crippen LogP contribution >= 0.6 is 0 Å². The van der Waals surface area contributed by atoms with E-state index in [1.165, 1.54) is 257 Å². The smallest absolute Gasteiger partial charge is 0.220 e. The number of carbonyl (C=O) groups excluding carboxylic acids is 1. The minimum Gasteiger partial charge on any atom is -0.394 e. The second-order valence-electron chi connectivity index (χ2n) is 23.2. The molecule has 452 valence electrons. The number of aliphatic hydroxyl groups excluding tert-OH is 5. The predicted octanol–water partition coefficient (Wildman–Crippen LogP) is 17.6. The molecule has 0 aromatic carbocycles. The zero-order valence-electron chi connectivity index (χ0n) is 50.5. The van der Waals surface area contributed by atoms with Gasteiger partial charge in [-0.25, -0.2) is 0 Å². The summed E-state index contributed by atoms with van der Waals surface area (Å²) >= 11 is 0. The number of hydrogen-bond donors (Lipinski definition) is 6. The lowest BCUT2D eigenvalue weighted by Gasteiger charge is -2.40. The molecule has 1 saturated heterocycles. The van der Waals surface area contributed by atoms with E-state index in [1.807, 2.05) is 6.08 Å². The molecule has 1 amide bonds. The molecule has 1 heterocycles. The van der Waals surface area contributed by atoms with Crippen LogP contribution in [0, 0.1) is 0 Å². The Kier molecular flexibility index (Phi) is 54.5. The first kappa shape index (κ1) is 73.2. The van der Waals surface area contributed by atoms with Crippen molar-refractivity contribution in [3.8, 4) is 0 Å². The SMILES string of the molecule is CCCCCCCCCC/C=C\CCCCCCCCCCCCCCCCCC(=O)NC(COC1OC(CO)C(O)C(O)C1O)C(O)/C=C/CC/C=C/CC/C=C/CCCCCCCCCCCCCCCCCCC. The first-order valence-corrected chi connectivity index (χ1v) is 33.4. The Morgan fingerprint density at radius 2 is 0.740 bits per heavy atom. The number of hydrogen-bond acceptors (Lipinski definition) is 8. The van der Waals surface area contributed by atoms with Crippen molar-refractivity contribution in [3.05, 3.63) is 48.6 Å². The van der Waals surface area contributed by atoms with E-state index in [2.05, 4.69) is 55.6 Å². The van der Waals surface area contributed by atoms with Gasteiger partial charge in [-0.05, 0) is 70.6 Å². The lowest BCUT2D eigenvalue weighted by atomic mass is 9.99. The van der Waals surface area contributed by atoms with Gasteiger partial charge >= 0.3 is 0 Å². The molecular formula is C68H127NO8. The third-order valence-electron chi connectivity index (χ3n) is 15.9. The quantitative estimate of drug-likeness (QED) is 0.0261. The first-order valence-electron chi connectivity index (χ1n) is 33.4. The molecule has 1 aliphatic heterocycles. The van der Waals surface area contributed by atoms with Crippen molar-refractivity contribution in [3.63, 3.8) is 0 Å². The molecule has 0 saturated carbocycles. The number of rotatable bonds is 58. The summed E-state index contributed by atoms with van der Waals surface area (Å²) in [6.45, 7) is 3.80. The van der Waals surface area contributed by atoms with Crippen molar-refractivity contribution < 1.29 is 39.8 Å². The third kappa shape index (κ3) is 46.5. The Balaban J connectivity index is 2.19. The monoisotopic (exact) mass is 1090 g/mol. The Labute approximate surface area is 475 Å². The average molecular weight is 1090 g/mol. The van der Waals surface area contributed by atoms with Crippen LogP contribution in [0.15, 0.2) is 48.6 Å². The topological polar surface area (TPSA) is 149 Å². The van der Waals surface area contributed by atoms with Gasteiger partial charge in [-0.1, -0.05) is 294 Å². The zero-order valence-corrected chi connectivity index (χ0v) is 50.5. The number of allylic oxidation sites excluding steroid dienone is 7. The van der Waals surface area contributed by atoms with Crippen LogP contribution in [0.4, 0.5) is 0 Å². The Hall–Kier alpha value is -1.85. The van der Waals surface area contributed by atoms with Gasteiger partial charge in [0.15, 0.2) is 6.29 Å². The molecule has 7 atom stereocenters. The van der Waals surface area contributed by atoms with E-state index in [0.29, 0.717) is 6.42 Å². The molecule has 0 bridgehead atoms. The number of unbranched alkanes of at least 4 members (excludes halogenated alkanes) is 42. The summed E-state index contributed by atoms with van der Waals surface area (Å²) in [4.78, 5) is 13.1. The van der Waals surface area contributed by atoms with E-state index in [-0.39, 0.29) is 12.5 Å². The van der Waals surface area contributed by atoms with Gasteiger partial charge in [-0.2, -0.15) is 0 Å². The normalized spacial score (nSPS) is 19.0. The minimum absolute atomic E-state index is 0.186. The second kappa shape index (κ2) is 57.4. The molecule has 0 spiro atoms. The largest absolute Gasteiger partial charge is 0.394 e. The zero-order chi connectivity index (χ0) is 55.8. The van der Waals surface area contributed by atoms with Crippen LogP contribution in [0.3, 0.4) is 0 Å². The summed E-state index contributed by atoms with van der Waals surface area (Å²) in [5.74, 6) is -0.186. The van der Waals surface area contributed by atoms with Gasteiger partial charge in [0.05, 0.1) is 25.4 Å². The number of nitrogens with one attached hydrogen (secondary N) is 1. The summed E-state index contributed by atoms with van der Waals surface area (Å²) < 4.78 is 11.3. The lowest BCUT2D eigenvalue weighted by molar-refractivity contribution is -0.302. The van der Waals surface area contributed by atoms with E-state index in [1.54, 1.807) is 6.08 Å². The fourth-order valence-electron chi connectivity index (χ4n) is 10.6. The van der Waals surface area contributed by atoms with Crippen LogP contribution < -0.4 is 5.32 Å². The van der Waals surface area contributed by atoms with Crippen molar-refractivity contribution in [2.24, 2.45) is 0 Å². The summed E-state index contributed by atoms with van der Waals surface area (Å²) in [6, 6.07) is -0.830. The highest BCUT2D eigenvalue weighted by Crippen LogP contribution is 2.23. The van der Waals surface area contributed by atoms with E-state index in [0.717, 1.165) is 44.9 Å². The molecule has 0 aromatic heterocycles. The lowest BCUT2D eigenvalue weighted by Crippen LogP contribution is -2.60. The highest BCUT2D eigenvalue weighted by atomic mass is 16.7. The summed E-state index contributed by atoms with van der Waals surface area (Å²) in [5, 5.41) is 54.7. The van der Waals surface area contributed by atoms with Crippen molar-refractivity contribution in [1.82, 2.24) is 5.32 Å². The summed E-state index contributed by atoms with van der Waals surface area (Å²) in [5.41, 5.74) is 0.